The van der Waals surface area contributed by atoms with Crippen LogP contribution in [0.3, 0.4) is 0 Å². The van der Waals surface area contributed by atoms with Crippen LogP contribution in [-0.4, -0.2) is 19.2 Å². The summed E-state index contributed by atoms with van der Waals surface area (Å²) in [6, 6.07) is 8.64. The second kappa shape index (κ2) is 6.85. The third kappa shape index (κ3) is 5.19. The lowest BCUT2D eigenvalue weighted by molar-refractivity contribution is -0.686. The zero-order valence-electron chi connectivity index (χ0n) is 9.37. The first-order chi connectivity index (χ1) is 7.22. The van der Waals surface area contributed by atoms with E-state index < -0.39 is 0 Å². The molecule has 0 aliphatic heterocycles. The Morgan fingerprint density at radius 2 is 2.00 bits per heavy atom. The van der Waals surface area contributed by atoms with Crippen LogP contribution in [0.15, 0.2) is 28.7 Å². The van der Waals surface area contributed by atoms with E-state index in [9.17, 15) is 0 Å². The highest BCUT2D eigenvalue weighted by molar-refractivity contribution is 9.10. The Morgan fingerprint density at radius 3 is 2.60 bits per heavy atom. The molecule has 0 saturated carbocycles. The van der Waals surface area contributed by atoms with Gasteiger partial charge in [0.1, 0.15) is 18.9 Å². The Kier molecular flexibility index (Phi) is 5.73. The highest BCUT2D eigenvalue weighted by atomic mass is 79.9. The zero-order chi connectivity index (χ0) is 11.1. The molecular weight excluding hydrogens is 254 g/mol. The third-order valence-corrected chi connectivity index (χ3v) is 2.94. The van der Waals surface area contributed by atoms with Crippen molar-refractivity contribution in [3.05, 3.63) is 28.7 Å². The number of rotatable bonds is 6. The molecule has 0 radical (unpaired) electrons. The molecule has 1 aromatic carbocycles. The molecule has 3 heteroatoms. The Bertz CT molecular complexity index is 273. The molecule has 2 N–H and O–H groups in total. The van der Waals surface area contributed by atoms with Crippen LogP contribution in [0.4, 0.5) is 0 Å². The van der Waals surface area contributed by atoms with E-state index in [0.29, 0.717) is 6.04 Å². The predicted octanol–water partition coefficient (Wildman–Crippen LogP) is 2.19. The number of nitrogens with two attached hydrogens (primary N) is 1. The lowest BCUT2D eigenvalue weighted by Gasteiger charge is -2.09. The van der Waals surface area contributed by atoms with Crippen LogP contribution in [0.1, 0.15) is 20.3 Å². The Hall–Kier alpha value is -0.540. The molecule has 0 amide bonds. The lowest BCUT2D eigenvalue weighted by Crippen LogP contribution is -2.90. The molecule has 0 aromatic heterocycles. The van der Waals surface area contributed by atoms with E-state index in [2.05, 4.69) is 35.1 Å². The van der Waals surface area contributed by atoms with Crippen molar-refractivity contribution < 1.29 is 10.1 Å². The fourth-order valence-electron chi connectivity index (χ4n) is 1.23. The minimum atomic E-state index is 0.693. The van der Waals surface area contributed by atoms with E-state index in [1.807, 2.05) is 24.3 Å². The van der Waals surface area contributed by atoms with Gasteiger partial charge in [0.2, 0.25) is 0 Å². The molecule has 0 aliphatic rings. The maximum absolute atomic E-state index is 5.60. The van der Waals surface area contributed by atoms with Crippen LogP contribution in [0.5, 0.6) is 5.75 Å². The highest BCUT2D eigenvalue weighted by Gasteiger charge is 2.00. The van der Waals surface area contributed by atoms with Gasteiger partial charge in [-0.15, -0.1) is 0 Å². The van der Waals surface area contributed by atoms with Crippen LogP contribution in [0.25, 0.3) is 0 Å². The zero-order valence-corrected chi connectivity index (χ0v) is 11.0. The maximum Gasteiger partial charge on any atom is 0.137 e. The Morgan fingerprint density at radius 1 is 1.33 bits per heavy atom. The molecule has 0 spiro atoms. The number of halogens is 1. The average molecular weight is 273 g/mol. The molecule has 84 valence electrons. The molecule has 0 fully saturated rings. The van der Waals surface area contributed by atoms with Crippen LogP contribution >= 0.6 is 15.9 Å². The van der Waals surface area contributed by atoms with Gasteiger partial charge in [0.25, 0.3) is 0 Å². The van der Waals surface area contributed by atoms with Crippen LogP contribution in [0.2, 0.25) is 0 Å². The summed E-state index contributed by atoms with van der Waals surface area (Å²) in [7, 11) is 0. The van der Waals surface area contributed by atoms with Crippen molar-refractivity contribution >= 4 is 15.9 Å². The van der Waals surface area contributed by atoms with E-state index in [1.54, 1.807) is 0 Å². The van der Waals surface area contributed by atoms with Gasteiger partial charge in [-0.3, -0.25) is 0 Å². The van der Waals surface area contributed by atoms with Gasteiger partial charge in [-0.05, 0) is 37.6 Å². The minimum Gasteiger partial charge on any atom is -0.488 e. The fourth-order valence-corrected chi connectivity index (χ4v) is 1.49. The van der Waals surface area contributed by atoms with E-state index >= 15 is 0 Å². The van der Waals surface area contributed by atoms with Crippen molar-refractivity contribution in [3.63, 3.8) is 0 Å². The number of hydrogen-bond donors (Lipinski definition) is 1. The van der Waals surface area contributed by atoms with Crippen molar-refractivity contribution in [1.82, 2.24) is 0 Å². The van der Waals surface area contributed by atoms with Gasteiger partial charge in [0.05, 0.1) is 6.04 Å². The first kappa shape index (κ1) is 12.5. The molecule has 1 aromatic rings. The number of hydrogen-bond acceptors (Lipinski definition) is 1. The number of ether oxygens (including phenoxy) is 1. The summed E-state index contributed by atoms with van der Waals surface area (Å²) < 4.78 is 6.69. The fraction of sp³-hybridized carbons (Fsp3) is 0.500. The summed E-state index contributed by atoms with van der Waals surface area (Å²) in [6.07, 6.45) is 1.21. The summed E-state index contributed by atoms with van der Waals surface area (Å²) in [5.74, 6) is 0.941. The second-order valence-corrected chi connectivity index (χ2v) is 4.63. The minimum absolute atomic E-state index is 0.693. The second-order valence-electron chi connectivity index (χ2n) is 3.71. The smallest absolute Gasteiger partial charge is 0.137 e. The van der Waals surface area contributed by atoms with Gasteiger partial charge in [0, 0.05) is 4.47 Å². The summed E-state index contributed by atoms with van der Waals surface area (Å²) in [4.78, 5) is 0. The largest absolute Gasteiger partial charge is 0.488 e. The van der Waals surface area contributed by atoms with Crippen molar-refractivity contribution in [1.29, 1.82) is 0 Å². The summed E-state index contributed by atoms with van der Waals surface area (Å²) >= 11 is 3.39. The normalized spacial score (nSPS) is 12.5. The average Bonchev–Trinajstić information content (AvgIpc) is 2.26. The van der Waals surface area contributed by atoms with Crippen LogP contribution in [0, 0.1) is 0 Å². The van der Waals surface area contributed by atoms with Crippen LogP contribution < -0.4 is 10.1 Å². The van der Waals surface area contributed by atoms with Gasteiger partial charge < -0.3 is 10.1 Å². The molecular formula is C12H19BrNO+. The molecule has 0 saturated heterocycles. The van der Waals surface area contributed by atoms with Gasteiger partial charge in [-0.2, -0.15) is 0 Å². The molecule has 0 aliphatic carbocycles. The van der Waals surface area contributed by atoms with E-state index in [-0.39, 0.29) is 0 Å². The van der Waals surface area contributed by atoms with E-state index in [1.165, 1.54) is 6.42 Å². The number of quaternary nitrogens is 1. The van der Waals surface area contributed by atoms with E-state index in [0.717, 1.165) is 23.4 Å². The molecule has 0 unspecified atom stereocenters. The van der Waals surface area contributed by atoms with E-state index in [4.69, 9.17) is 4.74 Å². The molecule has 15 heavy (non-hydrogen) atoms. The molecule has 1 atom stereocenters. The molecule has 0 heterocycles. The van der Waals surface area contributed by atoms with Gasteiger partial charge in [-0.1, -0.05) is 22.9 Å². The maximum atomic E-state index is 5.60. The first-order valence-corrected chi connectivity index (χ1v) is 6.23. The topological polar surface area (TPSA) is 25.8 Å². The summed E-state index contributed by atoms with van der Waals surface area (Å²) in [6.45, 7) is 6.23. The predicted molar refractivity (Wildman–Crippen MR) is 66.2 cm³/mol. The van der Waals surface area contributed by atoms with Crippen molar-refractivity contribution in [2.45, 2.75) is 26.3 Å². The highest BCUT2D eigenvalue weighted by Crippen LogP contribution is 2.15. The lowest BCUT2D eigenvalue weighted by atomic mass is 10.3. The van der Waals surface area contributed by atoms with Crippen molar-refractivity contribution in [3.8, 4) is 5.75 Å². The quantitative estimate of drug-likeness (QED) is 0.790. The van der Waals surface area contributed by atoms with Crippen molar-refractivity contribution in [2.24, 2.45) is 0 Å². The van der Waals surface area contributed by atoms with Gasteiger partial charge in [0.15, 0.2) is 0 Å². The van der Waals surface area contributed by atoms with Gasteiger partial charge >= 0.3 is 0 Å². The number of benzene rings is 1. The Labute approximate surface area is 100 Å². The molecule has 0 bridgehead atoms. The first-order valence-electron chi connectivity index (χ1n) is 5.44. The van der Waals surface area contributed by atoms with Crippen LogP contribution in [-0.2, 0) is 0 Å². The van der Waals surface area contributed by atoms with Crippen molar-refractivity contribution in [2.75, 3.05) is 13.2 Å². The SMILES string of the molecule is CC[C@H](C)[NH2+]CCOc1ccc(Br)cc1. The summed E-state index contributed by atoms with van der Waals surface area (Å²) in [5.41, 5.74) is 0. The standard InChI is InChI=1S/C12H18BrNO/c1-3-10(2)14-8-9-15-12-6-4-11(13)5-7-12/h4-7,10,14H,3,8-9H2,1-2H3/p+1/t10-/m0/s1. The Balaban J connectivity index is 2.17. The third-order valence-electron chi connectivity index (χ3n) is 2.41. The van der Waals surface area contributed by atoms with Gasteiger partial charge in [-0.25, -0.2) is 0 Å². The monoisotopic (exact) mass is 272 g/mol. The molecule has 1 rings (SSSR count). The molecule has 2 nitrogen and oxygen atoms in total. The summed E-state index contributed by atoms with van der Waals surface area (Å²) in [5, 5.41) is 2.32.